The van der Waals surface area contributed by atoms with Crippen LogP contribution in [0.25, 0.3) is 0 Å². The van der Waals surface area contributed by atoms with E-state index in [1.807, 2.05) is 12.1 Å². The number of anilines is 1. The van der Waals surface area contributed by atoms with E-state index in [2.05, 4.69) is 19.2 Å². The van der Waals surface area contributed by atoms with E-state index in [9.17, 15) is 4.79 Å². The number of rotatable bonds is 5. The highest BCUT2D eigenvalue weighted by Gasteiger charge is 2.07. The number of ether oxygens (including phenoxy) is 1. The van der Waals surface area contributed by atoms with Crippen molar-refractivity contribution in [2.24, 2.45) is 11.7 Å². The summed E-state index contributed by atoms with van der Waals surface area (Å²) >= 11 is 0. The first kappa shape index (κ1) is 13.5. The Hall–Kier alpha value is -1.55. The summed E-state index contributed by atoms with van der Waals surface area (Å²) in [5.74, 6) is 1.10. The lowest BCUT2D eigenvalue weighted by molar-refractivity contribution is -0.117. The molecule has 4 heteroatoms. The maximum absolute atomic E-state index is 11.3. The fourth-order valence-corrected chi connectivity index (χ4v) is 1.15. The number of carbonyl (C=O) groups is 1. The summed E-state index contributed by atoms with van der Waals surface area (Å²) in [6.07, 6.45) is 0. The molecular formula is C13H20N2O2. The van der Waals surface area contributed by atoms with Crippen LogP contribution in [-0.2, 0) is 4.79 Å². The fraction of sp³-hybridized carbons (Fsp3) is 0.462. The van der Waals surface area contributed by atoms with Crippen molar-refractivity contribution in [2.45, 2.75) is 26.8 Å². The average molecular weight is 236 g/mol. The van der Waals surface area contributed by atoms with Crippen LogP contribution in [0, 0.1) is 5.92 Å². The highest BCUT2D eigenvalue weighted by molar-refractivity contribution is 5.94. The Kier molecular flexibility index (Phi) is 4.97. The topological polar surface area (TPSA) is 64.3 Å². The summed E-state index contributed by atoms with van der Waals surface area (Å²) < 4.78 is 5.54. The lowest BCUT2D eigenvalue weighted by Crippen LogP contribution is -2.32. The zero-order valence-corrected chi connectivity index (χ0v) is 10.6. The van der Waals surface area contributed by atoms with Crippen LogP contribution in [0.1, 0.15) is 20.8 Å². The number of nitrogens with two attached hydrogens (primary N) is 1. The molecule has 0 radical (unpaired) electrons. The second-order valence-electron chi connectivity index (χ2n) is 4.51. The number of hydrogen-bond acceptors (Lipinski definition) is 3. The summed E-state index contributed by atoms with van der Waals surface area (Å²) in [6, 6.07) is 6.76. The first-order chi connectivity index (χ1) is 7.99. The van der Waals surface area contributed by atoms with E-state index < -0.39 is 6.04 Å². The molecule has 1 rings (SSSR count). The molecule has 1 amide bonds. The first-order valence-corrected chi connectivity index (χ1v) is 5.78. The van der Waals surface area contributed by atoms with Crippen LogP contribution < -0.4 is 15.8 Å². The summed E-state index contributed by atoms with van der Waals surface area (Å²) in [5.41, 5.74) is 6.18. The van der Waals surface area contributed by atoms with Gasteiger partial charge in [0.25, 0.3) is 0 Å². The quantitative estimate of drug-likeness (QED) is 0.822. The second-order valence-corrected chi connectivity index (χ2v) is 4.51. The van der Waals surface area contributed by atoms with Crippen LogP contribution in [0.2, 0.25) is 0 Å². The minimum Gasteiger partial charge on any atom is -0.493 e. The lowest BCUT2D eigenvalue weighted by Gasteiger charge is -2.10. The van der Waals surface area contributed by atoms with E-state index in [1.54, 1.807) is 19.1 Å². The average Bonchev–Trinajstić information content (AvgIpc) is 2.28. The van der Waals surface area contributed by atoms with Gasteiger partial charge in [-0.1, -0.05) is 13.8 Å². The molecule has 0 fully saturated rings. The lowest BCUT2D eigenvalue weighted by atomic mass is 10.2. The maximum Gasteiger partial charge on any atom is 0.240 e. The number of hydrogen-bond donors (Lipinski definition) is 2. The van der Waals surface area contributed by atoms with Gasteiger partial charge in [-0.2, -0.15) is 0 Å². The van der Waals surface area contributed by atoms with E-state index >= 15 is 0 Å². The van der Waals surface area contributed by atoms with Gasteiger partial charge in [-0.3, -0.25) is 4.79 Å². The van der Waals surface area contributed by atoms with Crippen LogP contribution in [-0.4, -0.2) is 18.6 Å². The molecule has 0 saturated heterocycles. The van der Waals surface area contributed by atoms with Crippen molar-refractivity contribution in [3.63, 3.8) is 0 Å². The fourth-order valence-electron chi connectivity index (χ4n) is 1.15. The largest absolute Gasteiger partial charge is 0.493 e. The van der Waals surface area contributed by atoms with Crippen LogP contribution >= 0.6 is 0 Å². The van der Waals surface area contributed by atoms with Gasteiger partial charge in [-0.25, -0.2) is 0 Å². The van der Waals surface area contributed by atoms with Gasteiger partial charge in [-0.15, -0.1) is 0 Å². The molecule has 0 bridgehead atoms. The minimum absolute atomic E-state index is 0.194. The van der Waals surface area contributed by atoms with E-state index in [0.717, 1.165) is 11.4 Å². The first-order valence-electron chi connectivity index (χ1n) is 5.78. The Morgan fingerprint density at radius 2 is 1.88 bits per heavy atom. The van der Waals surface area contributed by atoms with Crippen molar-refractivity contribution in [3.8, 4) is 5.75 Å². The van der Waals surface area contributed by atoms with Gasteiger partial charge >= 0.3 is 0 Å². The molecule has 0 aliphatic rings. The molecule has 0 aliphatic heterocycles. The number of nitrogens with one attached hydrogen (secondary N) is 1. The minimum atomic E-state index is -0.508. The SMILES string of the molecule is CC(C)COc1ccc(NC(=O)C(C)N)cc1. The Bertz CT molecular complexity index is 358. The highest BCUT2D eigenvalue weighted by atomic mass is 16.5. The molecule has 0 aromatic heterocycles. The smallest absolute Gasteiger partial charge is 0.240 e. The second kappa shape index (κ2) is 6.25. The molecule has 4 nitrogen and oxygen atoms in total. The Labute approximate surface area is 102 Å². The van der Waals surface area contributed by atoms with E-state index in [4.69, 9.17) is 10.5 Å². The predicted octanol–water partition coefficient (Wildman–Crippen LogP) is 2.01. The van der Waals surface area contributed by atoms with Crippen molar-refractivity contribution in [2.75, 3.05) is 11.9 Å². The van der Waals surface area contributed by atoms with E-state index in [0.29, 0.717) is 12.5 Å². The molecule has 0 spiro atoms. The Morgan fingerprint density at radius 1 is 1.29 bits per heavy atom. The molecule has 1 aromatic carbocycles. The zero-order chi connectivity index (χ0) is 12.8. The van der Waals surface area contributed by atoms with Gasteiger partial charge < -0.3 is 15.8 Å². The summed E-state index contributed by atoms with van der Waals surface area (Å²) in [5, 5.41) is 2.71. The third-order valence-corrected chi connectivity index (χ3v) is 2.12. The van der Waals surface area contributed by atoms with Crippen LogP contribution in [0.3, 0.4) is 0 Å². The molecule has 0 heterocycles. The van der Waals surface area contributed by atoms with E-state index in [1.165, 1.54) is 0 Å². The molecule has 1 unspecified atom stereocenters. The van der Waals surface area contributed by atoms with E-state index in [-0.39, 0.29) is 5.91 Å². The van der Waals surface area contributed by atoms with Gasteiger partial charge in [0.05, 0.1) is 12.6 Å². The number of benzene rings is 1. The highest BCUT2D eigenvalue weighted by Crippen LogP contribution is 2.16. The molecule has 1 atom stereocenters. The molecule has 94 valence electrons. The Morgan fingerprint density at radius 3 is 2.35 bits per heavy atom. The summed E-state index contributed by atoms with van der Waals surface area (Å²) in [6.45, 7) is 6.52. The van der Waals surface area contributed by atoms with Gasteiger partial charge in [0.2, 0.25) is 5.91 Å². The maximum atomic E-state index is 11.3. The van der Waals surface area contributed by atoms with Gasteiger partial charge in [0.1, 0.15) is 5.75 Å². The zero-order valence-electron chi connectivity index (χ0n) is 10.6. The third-order valence-electron chi connectivity index (χ3n) is 2.12. The molecule has 3 N–H and O–H groups in total. The summed E-state index contributed by atoms with van der Waals surface area (Å²) in [7, 11) is 0. The van der Waals surface area contributed by atoms with Gasteiger partial charge in [-0.05, 0) is 37.1 Å². The third kappa shape index (κ3) is 4.87. The number of amides is 1. The molecule has 0 saturated carbocycles. The molecule has 17 heavy (non-hydrogen) atoms. The van der Waals surface area contributed by atoms with Crippen molar-refractivity contribution in [1.29, 1.82) is 0 Å². The van der Waals surface area contributed by atoms with Crippen LogP contribution in [0.15, 0.2) is 24.3 Å². The van der Waals surface area contributed by atoms with Gasteiger partial charge in [0.15, 0.2) is 0 Å². The number of carbonyl (C=O) groups excluding carboxylic acids is 1. The standard InChI is InChI=1S/C13H20N2O2/c1-9(2)8-17-12-6-4-11(5-7-12)15-13(16)10(3)14/h4-7,9-10H,8,14H2,1-3H3,(H,15,16). The van der Waals surface area contributed by atoms with Crippen molar-refractivity contribution in [1.82, 2.24) is 0 Å². The van der Waals surface area contributed by atoms with Crippen molar-refractivity contribution >= 4 is 11.6 Å². The monoisotopic (exact) mass is 236 g/mol. The van der Waals surface area contributed by atoms with Crippen molar-refractivity contribution < 1.29 is 9.53 Å². The Balaban J connectivity index is 2.53. The van der Waals surface area contributed by atoms with Crippen LogP contribution in [0.5, 0.6) is 5.75 Å². The molecular weight excluding hydrogens is 216 g/mol. The predicted molar refractivity (Wildman–Crippen MR) is 69.1 cm³/mol. The molecule has 1 aromatic rings. The summed E-state index contributed by atoms with van der Waals surface area (Å²) in [4.78, 5) is 11.3. The normalized spacial score (nSPS) is 12.3. The van der Waals surface area contributed by atoms with Gasteiger partial charge in [0, 0.05) is 5.69 Å². The van der Waals surface area contributed by atoms with Crippen molar-refractivity contribution in [3.05, 3.63) is 24.3 Å². The molecule has 0 aliphatic carbocycles. The van der Waals surface area contributed by atoms with Crippen LogP contribution in [0.4, 0.5) is 5.69 Å².